The van der Waals surface area contributed by atoms with Crippen molar-refractivity contribution in [3.05, 3.63) is 33.2 Å². The molecule has 0 aromatic heterocycles. The number of carbonyl (C=O) groups excluding carboxylic acids is 1. The van der Waals surface area contributed by atoms with Gasteiger partial charge in [0, 0.05) is 9.69 Å². The maximum Gasteiger partial charge on any atom is 0.276 e. The minimum Gasteiger partial charge on any atom is -0.298 e. The average molecular weight is 339 g/mol. The van der Waals surface area contributed by atoms with Crippen LogP contribution in [-0.4, -0.2) is 28.5 Å². The van der Waals surface area contributed by atoms with Crippen molar-refractivity contribution in [2.45, 2.75) is 13.1 Å². The summed E-state index contributed by atoms with van der Waals surface area (Å²) < 4.78 is 0.913. The van der Waals surface area contributed by atoms with E-state index in [1.54, 1.807) is 5.01 Å². The van der Waals surface area contributed by atoms with E-state index in [-0.39, 0.29) is 12.1 Å². The molecule has 5 nitrogen and oxygen atoms in total. The summed E-state index contributed by atoms with van der Waals surface area (Å²) in [5, 5.41) is 11.1. The van der Waals surface area contributed by atoms with E-state index in [9.17, 15) is 4.79 Å². The van der Waals surface area contributed by atoms with Crippen LogP contribution >= 0.6 is 27.7 Å². The highest BCUT2D eigenvalue weighted by Crippen LogP contribution is 2.19. The number of nitrogens with one attached hydrogen (secondary N) is 1. The van der Waals surface area contributed by atoms with E-state index >= 15 is 0 Å². The summed E-state index contributed by atoms with van der Waals surface area (Å²) in [6.45, 7) is 1.92. The number of fused-ring (bicyclic) bond motifs is 2. The molecule has 0 bridgehead atoms. The summed E-state index contributed by atoms with van der Waals surface area (Å²) in [6, 6.07) is 5.72. The monoisotopic (exact) mass is 338 g/mol. The van der Waals surface area contributed by atoms with Crippen LogP contribution in [-0.2, 0) is 4.79 Å². The molecule has 0 saturated heterocycles. The second-order valence-corrected chi connectivity index (χ2v) is 5.89. The molecule has 0 unspecified atom stereocenters. The van der Waals surface area contributed by atoms with Crippen LogP contribution in [0.1, 0.15) is 6.92 Å². The van der Waals surface area contributed by atoms with Crippen molar-refractivity contribution in [2.75, 3.05) is 6.26 Å². The molecule has 0 radical (unpaired) electrons. The summed E-state index contributed by atoms with van der Waals surface area (Å²) in [4.78, 5) is 16.8. The van der Waals surface area contributed by atoms with Gasteiger partial charge in [-0.3, -0.25) is 15.1 Å². The maximum absolute atomic E-state index is 12.3. The van der Waals surface area contributed by atoms with E-state index in [0.29, 0.717) is 10.9 Å². The van der Waals surface area contributed by atoms with Gasteiger partial charge >= 0.3 is 0 Å². The summed E-state index contributed by atoms with van der Waals surface area (Å²) in [7, 11) is 0. The number of hydrogen-bond donors (Lipinski definition) is 1. The Kier molecular flexibility index (Phi) is 3.10. The van der Waals surface area contributed by atoms with Crippen molar-refractivity contribution in [3.63, 3.8) is 0 Å². The molecule has 1 N–H and O–H groups in total. The number of halogens is 1. The van der Waals surface area contributed by atoms with E-state index in [1.807, 2.05) is 31.4 Å². The van der Waals surface area contributed by atoms with Gasteiger partial charge in [-0.1, -0.05) is 27.7 Å². The molecule has 2 aliphatic rings. The molecule has 1 amide bonds. The number of amidine groups is 1. The summed E-state index contributed by atoms with van der Waals surface area (Å²) >= 11 is 4.83. The van der Waals surface area contributed by atoms with E-state index < -0.39 is 0 Å². The summed E-state index contributed by atoms with van der Waals surface area (Å²) in [5.74, 6) is -0.138. The first-order valence-electron chi connectivity index (χ1n) is 5.71. The highest BCUT2D eigenvalue weighted by atomic mass is 79.9. The number of benzene rings is 1. The average Bonchev–Trinajstić information content (AvgIpc) is 2.39. The highest BCUT2D eigenvalue weighted by molar-refractivity contribution is 9.10. The number of hydrogen-bond acceptors (Lipinski definition) is 5. The zero-order valence-corrected chi connectivity index (χ0v) is 12.7. The molecule has 0 aliphatic carbocycles. The fourth-order valence-corrected chi connectivity index (χ4v) is 2.83. The van der Waals surface area contributed by atoms with Crippen molar-refractivity contribution >= 4 is 44.5 Å². The van der Waals surface area contributed by atoms with Crippen molar-refractivity contribution < 1.29 is 4.79 Å². The van der Waals surface area contributed by atoms with Crippen LogP contribution in [0.4, 0.5) is 0 Å². The Balaban J connectivity index is 2.33. The third-order valence-corrected chi connectivity index (χ3v) is 4.01. The Morgan fingerprint density at radius 2 is 2.26 bits per heavy atom. The van der Waals surface area contributed by atoms with E-state index in [1.165, 1.54) is 11.8 Å². The molecule has 1 aromatic rings. The molecule has 1 atom stereocenters. The molecule has 7 heteroatoms. The number of thioether (sulfide) groups is 1. The van der Waals surface area contributed by atoms with Crippen LogP contribution < -0.4 is 15.9 Å². The predicted molar refractivity (Wildman–Crippen MR) is 78.7 cm³/mol. The molecule has 19 heavy (non-hydrogen) atoms. The van der Waals surface area contributed by atoms with Gasteiger partial charge in [-0.05, 0) is 31.4 Å². The van der Waals surface area contributed by atoms with Crippen molar-refractivity contribution in [2.24, 2.45) is 10.1 Å². The Bertz CT molecular complexity index is 715. The van der Waals surface area contributed by atoms with Gasteiger partial charge in [-0.15, -0.1) is 5.10 Å². The Morgan fingerprint density at radius 1 is 1.47 bits per heavy atom. The van der Waals surface area contributed by atoms with Gasteiger partial charge in [0.2, 0.25) is 0 Å². The van der Waals surface area contributed by atoms with Gasteiger partial charge in [-0.25, -0.2) is 5.01 Å². The lowest BCUT2D eigenvalue weighted by Gasteiger charge is -2.31. The minimum atomic E-state index is -0.183. The van der Waals surface area contributed by atoms with Crippen LogP contribution in [0.25, 0.3) is 5.70 Å². The largest absolute Gasteiger partial charge is 0.298 e. The topological polar surface area (TPSA) is 57.1 Å². The fraction of sp³-hybridized carbons (Fsp3) is 0.250. The Morgan fingerprint density at radius 3 is 3.00 bits per heavy atom. The lowest BCUT2D eigenvalue weighted by atomic mass is 10.2. The van der Waals surface area contributed by atoms with Gasteiger partial charge in [0.25, 0.3) is 5.91 Å². The zero-order valence-electron chi connectivity index (χ0n) is 10.3. The molecule has 0 spiro atoms. The van der Waals surface area contributed by atoms with Gasteiger partial charge in [0.1, 0.15) is 11.9 Å². The van der Waals surface area contributed by atoms with Crippen molar-refractivity contribution in [1.29, 1.82) is 0 Å². The second kappa shape index (κ2) is 4.64. The lowest BCUT2D eigenvalue weighted by Crippen LogP contribution is -2.51. The molecule has 98 valence electrons. The molecule has 1 aromatic carbocycles. The SMILES string of the molecule is CSC1=NN2C(=c3cc(Br)ccc3=N[C@H]2C)C(=O)N1. The van der Waals surface area contributed by atoms with E-state index in [4.69, 9.17) is 0 Å². The molecule has 2 heterocycles. The highest BCUT2D eigenvalue weighted by Gasteiger charge is 2.31. The molecule has 0 saturated carbocycles. The zero-order chi connectivity index (χ0) is 13.6. The number of rotatable bonds is 0. The van der Waals surface area contributed by atoms with Gasteiger partial charge in [0.05, 0.1) is 5.36 Å². The molecular weight excluding hydrogens is 328 g/mol. The smallest absolute Gasteiger partial charge is 0.276 e. The third-order valence-electron chi connectivity index (χ3n) is 2.95. The Labute approximate surface area is 122 Å². The first-order chi connectivity index (χ1) is 9.10. The van der Waals surface area contributed by atoms with E-state index in [0.717, 1.165) is 15.0 Å². The molecule has 3 rings (SSSR count). The third kappa shape index (κ3) is 2.06. The summed E-state index contributed by atoms with van der Waals surface area (Å²) in [5.41, 5.74) is 0.552. The fourth-order valence-electron chi connectivity index (χ4n) is 2.11. The minimum absolute atomic E-state index is 0.138. The Hall–Kier alpha value is -1.34. The van der Waals surface area contributed by atoms with E-state index in [2.05, 4.69) is 31.3 Å². The van der Waals surface area contributed by atoms with Gasteiger partial charge < -0.3 is 0 Å². The van der Waals surface area contributed by atoms with Gasteiger partial charge in [0.15, 0.2) is 5.17 Å². The number of nitrogens with zero attached hydrogens (tertiary/aromatic N) is 3. The van der Waals surface area contributed by atoms with Crippen molar-refractivity contribution in [3.8, 4) is 0 Å². The second-order valence-electron chi connectivity index (χ2n) is 4.18. The maximum atomic E-state index is 12.3. The number of carbonyl (C=O) groups is 1. The number of amides is 1. The molecular formula is C12H11BrN4OS. The number of hydrazone groups is 1. The first-order valence-corrected chi connectivity index (χ1v) is 7.73. The van der Waals surface area contributed by atoms with Crippen LogP contribution in [0.15, 0.2) is 32.8 Å². The quantitative estimate of drug-likeness (QED) is 0.753. The molecule has 2 aliphatic heterocycles. The van der Waals surface area contributed by atoms with Gasteiger partial charge in [-0.2, -0.15) is 0 Å². The summed E-state index contributed by atoms with van der Waals surface area (Å²) in [6.07, 6.45) is 1.69. The molecule has 0 fully saturated rings. The van der Waals surface area contributed by atoms with Crippen LogP contribution in [0.3, 0.4) is 0 Å². The standard InChI is InChI=1S/C12H11BrN4OS/c1-6-14-9-4-3-7(13)5-8(9)10-11(18)15-12(19-2)16-17(6)10/h3-6H,1-2H3,(H,15,16,18)/t6-/m1/s1. The lowest BCUT2D eigenvalue weighted by molar-refractivity contribution is -0.116. The van der Waals surface area contributed by atoms with Crippen LogP contribution in [0.2, 0.25) is 0 Å². The van der Waals surface area contributed by atoms with Crippen LogP contribution in [0.5, 0.6) is 0 Å². The first kappa shape index (κ1) is 12.7. The van der Waals surface area contributed by atoms with Crippen LogP contribution in [0, 0.1) is 0 Å². The van der Waals surface area contributed by atoms with Crippen molar-refractivity contribution in [1.82, 2.24) is 10.3 Å². The normalized spacial score (nSPS) is 21.1. The predicted octanol–water partition coefficient (Wildman–Crippen LogP) is 0.602.